The van der Waals surface area contributed by atoms with Crippen molar-refractivity contribution in [2.75, 3.05) is 0 Å². The maximum Gasteiger partial charge on any atom is 0.498 e. The van der Waals surface area contributed by atoms with Gasteiger partial charge < -0.3 is 18.5 Å². The highest BCUT2D eigenvalue weighted by atomic mass is 16.7. The molecule has 0 amide bonds. The van der Waals surface area contributed by atoms with Gasteiger partial charge in [0.05, 0.1) is 11.2 Å². The van der Waals surface area contributed by atoms with Crippen molar-refractivity contribution in [1.82, 2.24) is 0 Å². The summed E-state index contributed by atoms with van der Waals surface area (Å²) in [5.74, 6) is 0.707. The summed E-state index contributed by atoms with van der Waals surface area (Å²) in [5, 5.41) is 0. The van der Waals surface area contributed by atoms with E-state index in [9.17, 15) is 4.79 Å². The number of aryl methyl sites for hydroxylation is 1. The van der Waals surface area contributed by atoms with Crippen molar-refractivity contribution in [2.45, 2.75) is 85.0 Å². The molecule has 1 aliphatic rings. The Kier molecular flexibility index (Phi) is 7.68. The molecule has 32 heavy (non-hydrogen) atoms. The predicted octanol–water partition coefficient (Wildman–Crippen LogP) is 6.54. The van der Waals surface area contributed by atoms with Gasteiger partial charge in [0.2, 0.25) is 0 Å². The van der Waals surface area contributed by atoms with Gasteiger partial charge in [0.1, 0.15) is 23.7 Å². The fraction of sp³-hybridized carbons (Fsp3) is 0.500. The lowest BCUT2D eigenvalue weighted by atomic mass is 9.75. The van der Waals surface area contributed by atoms with Crippen LogP contribution in [0.15, 0.2) is 46.9 Å². The average molecular weight is 438 g/mol. The molecule has 0 unspecified atom stereocenters. The fourth-order valence-electron chi connectivity index (χ4n) is 3.56. The quantitative estimate of drug-likeness (QED) is 0.253. The summed E-state index contributed by atoms with van der Waals surface area (Å²) in [4.78, 5) is 12.7. The van der Waals surface area contributed by atoms with Crippen LogP contribution in [0.5, 0.6) is 0 Å². The Morgan fingerprint density at radius 2 is 1.72 bits per heavy atom. The van der Waals surface area contributed by atoms with Crippen molar-refractivity contribution in [3.05, 3.63) is 65.1 Å². The third kappa shape index (κ3) is 5.54. The van der Waals surface area contributed by atoms with E-state index in [4.69, 9.17) is 18.5 Å². The molecule has 172 valence electrons. The Morgan fingerprint density at radius 3 is 2.34 bits per heavy atom. The minimum Gasteiger partial charge on any atom is -0.461 e. The molecule has 1 aromatic carbocycles. The average Bonchev–Trinajstić information content (AvgIpc) is 3.22. The summed E-state index contributed by atoms with van der Waals surface area (Å²) < 4.78 is 24.1. The van der Waals surface area contributed by atoms with Gasteiger partial charge in [-0.1, -0.05) is 56.2 Å². The Morgan fingerprint density at radius 1 is 1.06 bits per heavy atom. The van der Waals surface area contributed by atoms with Gasteiger partial charge in [-0.15, -0.1) is 0 Å². The van der Waals surface area contributed by atoms with Crippen LogP contribution in [-0.2, 0) is 20.7 Å². The number of unbranched alkanes of at least 4 members (excludes halogenated alkanes) is 3. The third-order valence-corrected chi connectivity index (χ3v) is 6.31. The van der Waals surface area contributed by atoms with Gasteiger partial charge in [0.25, 0.3) is 0 Å². The highest BCUT2D eigenvalue weighted by Crippen LogP contribution is 2.41. The third-order valence-electron chi connectivity index (χ3n) is 6.31. The number of hydrogen-bond acceptors (Lipinski definition) is 5. The first-order valence-corrected chi connectivity index (χ1v) is 11.5. The maximum absolute atomic E-state index is 12.7. The number of rotatable bonds is 9. The Bertz CT molecular complexity index is 926. The second-order valence-electron chi connectivity index (χ2n) is 9.39. The Hall–Kier alpha value is -2.31. The Balaban J connectivity index is 1.81. The second kappa shape index (κ2) is 10.1. The highest BCUT2D eigenvalue weighted by molar-refractivity contribution is 6.68. The first kappa shape index (κ1) is 24.3. The number of carbonyl (C=O) groups is 1. The van der Waals surface area contributed by atoms with Crippen LogP contribution in [0, 0.1) is 6.92 Å². The number of ether oxygens (including phenoxy) is 1. The molecule has 5 nitrogen and oxygen atoms in total. The van der Waals surface area contributed by atoms with Crippen LogP contribution in [0.1, 0.15) is 87.7 Å². The molecule has 3 rings (SSSR count). The molecule has 6 heteroatoms. The minimum atomic E-state index is -0.555. The van der Waals surface area contributed by atoms with Crippen molar-refractivity contribution in [3.63, 3.8) is 0 Å². The van der Waals surface area contributed by atoms with Crippen molar-refractivity contribution < 1.29 is 23.3 Å². The molecule has 0 aliphatic carbocycles. The number of allylic oxidation sites excluding steroid dienone is 1. The zero-order chi connectivity index (χ0) is 23.4. The first-order valence-electron chi connectivity index (χ1n) is 11.5. The summed E-state index contributed by atoms with van der Waals surface area (Å²) in [6.45, 7) is 12.3. The fourth-order valence-corrected chi connectivity index (χ4v) is 3.56. The van der Waals surface area contributed by atoms with E-state index >= 15 is 0 Å². The van der Waals surface area contributed by atoms with E-state index in [1.165, 1.54) is 0 Å². The molecule has 0 saturated carbocycles. The monoisotopic (exact) mass is 438 g/mol. The number of furan rings is 1. The smallest absolute Gasteiger partial charge is 0.461 e. The van der Waals surface area contributed by atoms with Gasteiger partial charge in [-0.05, 0) is 59.1 Å². The lowest BCUT2D eigenvalue weighted by Gasteiger charge is -2.32. The van der Waals surface area contributed by atoms with Crippen molar-refractivity contribution in [3.8, 4) is 0 Å². The molecule has 1 aromatic heterocycles. The van der Waals surface area contributed by atoms with Crippen molar-refractivity contribution in [2.24, 2.45) is 0 Å². The number of benzene rings is 1. The highest BCUT2D eigenvalue weighted by Gasteiger charge is 2.53. The second-order valence-corrected chi connectivity index (χ2v) is 9.39. The van der Waals surface area contributed by atoms with E-state index in [1.54, 1.807) is 13.0 Å². The summed E-state index contributed by atoms with van der Waals surface area (Å²) in [7, 11) is -0.555. The minimum absolute atomic E-state index is 0.219. The van der Waals surface area contributed by atoms with E-state index in [0.29, 0.717) is 17.1 Å². The van der Waals surface area contributed by atoms with Gasteiger partial charge in [-0.2, -0.15) is 0 Å². The normalized spacial score (nSPS) is 17.6. The lowest BCUT2D eigenvalue weighted by molar-refractivity contribution is 0.00578. The van der Waals surface area contributed by atoms with Crippen LogP contribution in [0.25, 0.3) is 5.47 Å². The van der Waals surface area contributed by atoms with Gasteiger partial charge >= 0.3 is 13.1 Å². The van der Waals surface area contributed by atoms with Crippen LogP contribution < -0.4 is 0 Å². The topological polar surface area (TPSA) is 57.9 Å². The first-order chi connectivity index (χ1) is 15.1. The zero-order valence-electron chi connectivity index (χ0n) is 20.2. The zero-order valence-corrected chi connectivity index (χ0v) is 20.2. The van der Waals surface area contributed by atoms with Gasteiger partial charge in [0, 0.05) is 5.47 Å². The van der Waals surface area contributed by atoms with Crippen LogP contribution >= 0.6 is 0 Å². The Labute approximate surface area is 192 Å². The molecule has 2 heterocycles. The van der Waals surface area contributed by atoms with Gasteiger partial charge in [0.15, 0.2) is 0 Å². The molecular weight excluding hydrogens is 403 g/mol. The summed E-state index contributed by atoms with van der Waals surface area (Å²) in [5.41, 5.74) is 1.27. The van der Waals surface area contributed by atoms with Crippen LogP contribution in [0.3, 0.4) is 0 Å². The van der Waals surface area contributed by atoms with E-state index in [0.717, 1.165) is 36.7 Å². The molecular formula is C26H35BO5. The van der Waals surface area contributed by atoms with Crippen molar-refractivity contribution >= 4 is 18.6 Å². The molecule has 0 bridgehead atoms. The summed E-state index contributed by atoms with van der Waals surface area (Å²) in [6.07, 6.45) is 6.39. The standard InChI is InChI=1S/C26H35BO5/c1-7-8-9-13-16-22(27-31-25(3,4)26(5,6)32-27)23-17-21(19(2)30-23)24(28)29-18-20-14-11-10-12-15-20/h10-12,14-17H,7-9,13,18H2,1-6H3/b22-16-. The van der Waals surface area contributed by atoms with Crippen LogP contribution in [0.2, 0.25) is 0 Å². The van der Waals surface area contributed by atoms with E-state index in [-0.39, 0.29) is 6.61 Å². The summed E-state index contributed by atoms with van der Waals surface area (Å²) >= 11 is 0. The molecule has 1 saturated heterocycles. The molecule has 1 fully saturated rings. The lowest BCUT2D eigenvalue weighted by Crippen LogP contribution is -2.41. The number of carbonyl (C=O) groups excluding carboxylic acids is 1. The number of hydrogen-bond donors (Lipinski definition) is 0. The van der Waals surface area contributed by atoms with Gasteiger partial charge in [-0.3, -0.25) is 0 Å². The maximum atomic E-state index is 12.7. The molecule has 0 atom stereocenters. The van der Waals surface area contributed by atoms with Gasteiger partial charge in [-0.25, -0.2) is 4.79 Å². The number of esters is 1. The van der Waals surface area contributed by atoms with Crippen LogP contribution in [0.4, 0.5) is 0 Å². The van der Waals surface area contributed by atoms with E-state index in [2.05, 4.69) is 13.0 Å². The molecule has 0 radical (unpaired) electrons. The molecule has 1 aliphatic heterocycles. The SMILES string of the molecule is CCCCC/C=C(\B1OC(C)(C)C(C)(C)O1)c1cc(C(=O)OCc2ccccc2)c(C)o1. The van der Waals surface area contributed by atoms with E-state index < -0.39 is 24.3 Å². The largest absolute Gasteiger partial charge is 0.498 e. The molecule has 0 N–H and O–H groups in total. The summed E-state index contributed by atoms with van der Waals surface area (Å²) in [6, 6.07) is 11.4. The van der Waals surface area contributed by atoms with Crippen LogP contribution in [-0.4, -0.2) is 24.3 Å². The molecule has 2 aromatic rings. The van der Waals surface area contributed by atoms with Crippen molar-refractivity contribution in [1.29, 1.82) is 0 Å². The van der Waals surface area contributed by atoms with E-state index in [1.807, 2.05) is 58.0 Å². The predicted molar refractivity (Wildman–Crippen MR) is 127 cm³/mol. The molecule has 0 spiro atoms.